The number of unbranched alkanes of at least 4 members (excludes halogenated alkanes) is 14. The second kappa shape index (κ2) is 33.8. The molecule has 0 aromatic carbocycles. The molecular weight excluding hydrogens is 496 g/mol. The van der Waals surface area contributed by atoms with Gasteiger partial charge in [0.05, 0.1) is 0 Å². The van der Waals surface area contributed by atoms with Crippen molar-refractivity contribution < 1.29 is 4.79 Å². The van der Waals surface area contributed by atoms with Crippen LogP contribution in [0.25, 0.3) is 0 Å². The van der Waals surface area contributed by atoms with Crippen LogP contribution in [0, 0.1) is 6.92 Å². The molecule has 0 amide bonds. The zero-order chi connectivity index (χ0) is 29.9. The molecule has 0 fully saturated rings. The van der Waals surface area contributed by atoms with Crippen LogP contribution in [0.5, 0.6) is 0 Å². The molecule has 41 heavy (non-hydrogen) atoms. The van der Waals surface area contributed by atoms with Crippen molar-refractivity contribution in [1.82, 2.24) is 0 Å². The van der Waals surface area contributed by atoms with E-state index in [2.05, 4.69) is 81.5 Å². The fourth-order valence-corrected chi connectivity index (χ4v) is 4.34. The molecule has 0 saturated carbocycles. The third kappa shape index (κ3) is 30.4. The van der Waals surface area contributed by atoms with Crippen LogP contribution >= 0.6 is 0 Å². The number of carbonyl (C=O) groups excluding carboxylic acids is 1. The molecule has 0 atom stereocenters. The van der Waals surface area contributed by atoms with Crippen molar-refractivity contribution in [3.63, 3.8) is 0 Å². The van der Waals surface area contributed by atoms with Gasteiger partial charge < -0.3 is 0 Å². The van der Waals surface area contributed by atoms with Gasteiger partial charge in [-0.3, -0.25) is 4.79 Å². The third-order valence-corrected chi connectivity index (χ3v) is 6.93. The van der Waals surface area contributed by atoms with E-state index >= 15 is 0 Å². The van der Waals surface area contributed by atoms with E-state index in [0.29, 0.717) is 6.42 Å². The van der Waals surface area contributed by atoms with Crippen LogP contribution in [-0.2, 0) is 4.79 Å². The van der Waals surface area contributed by atoms with E-state index in [1.54, 1.807) is 6.08 Å². The van der Waals surface area contributed by atoms with Gasteiger partial charge in [0.1, 0.15) is 0 Å². The summed E-state index contributed by atoms with van der Waals surface area (Å²) in [6.07, 6.45) is 55.2. The number of hydrogen-bond acceptors (Lipinski definition) is 1. The van der Waals surface area contributed by atoms with E-state index in [4.69, 9.17) is 0 Å². The van der Waals surface area contributed by atoms with Gasteiger partial charge in [0.2, 0.25) is 0 Å². The van der Waals surface area contributed by atoms with Crippen molar-refractivity contribution in [2.24, 2.45) is 0 Å². The maximum atomic E-state index is 12.8. The monoisotopic (exact) mass is 559 g/mol. The van der Waals surface area contributed by atoms with Crippen LogP contribution in [-0.4, -0.2) is 5.78 Å². The first-order valence-electron chi connectivity index (χ1n) is 16.9. The lowest BCUT2D eigenvalue weighted by molar-refractivity contribution is -0.111. The summed E-state index contributed by atoms with van der Waals surface area (Å²) in [4.78, 5) is 12.8. The first-order valence-corrected chi connectivity index (χ1v) is 16.9. The predicted molar refractivity (Wildman–Crippen MR) is 186 cm³/mol. The van der Waals surface area contributed by atoms with Crippen molar-refractivity contribution in [3.8, 4) is 0 Å². The smallest absolute Gasteiger partial charge is 0.181 e. The van der Waals surface area contributed by atoms with Crippen molar-refractivity contribution >= 4 is 5.78 Å². The van der Waals surface area contributed by atoms with E-state index in [0.717, 1.165) is 56.9 Å². The number of allylic oxidation sites excluding steroid dienone is 16. The van der Waals surface area contributed by atoms with Gasteiger partial charge in [0, 0.05) is 0 Å². The Morgan fingerprint density at radius 3 is 1.71 bits per heavy atom. The van der Waals surface area contributed by atoms with Crippen LogP contribution in [0.4, 0.5) is 0 Å². The Balaban J connectivity index is 4.34. The molecule has 1 heteroatoms. The second-order valence-corrected chi connectivity index (χ2v) is 10.8. The van der Waals surface area contributed by atoms with Gasteiger partial charge in [-0.25, -0.2) is 0 Å². The summed E-state index contributed by atoms with van der Waals surface area (Å²) in [5.74, 6) is 0.114. The first-order chi connectivity index (χ1) is 20.3. The van der Waals surface area contributed by atoms with Gasteiger partial charge in [-0.2, -0.15) is 0 Å². The first kappa shape index (κ1) is 38.6. The molecule has 0 bridgehead atoms. The van der Waals surface area contributed by atoms with Crippen LogP contribution in [0.1, 0.15) is 142 Å². The molecule has 0 N–H and O–H groups in total. The Labute approximate surface area is 256 Å². The molecule has 1 nitrogen and oxygen atoms in total. The van der Waals surface area contributed by atoms with Crippen molar-refractivity contribution in [1.29, 1.82) is 0 Å². The average Bonchev–Trinajstić information content (AvgIpc) is 2.98. The van der Waals surface area contributed by atoms with Gasteiger partial charge in [-0.05, 0) is 69.4 Å². The van der Waals surface area contributed by atoms with Gasteiger partial charge in [0.15, 0.2) is 5.78 Å². The quantitative estimate of drug-likeness (QED) is 0.0403. The highest BCUT2D eigenvalue weighted by Gasteiger charge is 2.03. The molecular formula is C40H63O. The maximum absolute atomic E-state index is 12.8. The molecule has 0 unspecified atom stereocenters. The number of hydrogen-bond donors (Lipinski definition) is 0. The van der Waals surface area contributed by atoms with Crippen LogP contribution in [0.15, 0.2) is 96.7 Å². The molecule has 0 aliphatic rings. The van der Waals surface area contributed by atoms with E-state index in [9.17, 15) is 4.79 Å². The lowest BCUT2D eigenvalue weighted by Crippen LogP contribution is -1.98. The highest BCUT2D eigenvalue weighted by molar-refractivity contribution is 6.04. The van der Waals surface area contributed by atoms with E-state index in [-0.39, 0.29) is 5.78 Å². The molecule has 0 aromatic heterocycles. The Kier molecular flexibility index (Phi) is 31.8. The Bertz CT molecular complexity index is 812. The SMILES string of the molecule is [CH2]CCC/C=C\C/C=C\C/C=C\C/C(=C\CCCCC)C(=O)C=CC=CC=CC=CCCCCCCCCCCC. The van der Waals surface area contributed by atoms with Gasteiger partial charge >= 0.3 is 0 Å². The number of rotatable bonds is 28. The minimum atomic E-state index is 0.114. The maximum Gasteiger partial charge on any atom is 0.181 e. The van der Waals surface area contributed by atoms with Gasteiger partial charge in [0.25, 0.3) is 0 Å². The Morgan fingerprint density at radius 2 is 1.02 bits per heavy atom. The largest absolute Gasteiger partial charge is 0.290 e. The van der Waals surface area contributed by atoms with E-state index in [1.165, 1.54) is 70.6 Å². The summed E-state index contributed by atoms with van der Waals surface area (Å²) < 4.78 is 0. The summed E-state index contributed by atoms with van der Waals surface area (Å²) in [5, 5.41) is 0. The van der Waals surface area contributed by atoms with Gasteiger partial charge in [-0.15, -0.1) is 0 Å². The average molecular weight is 560 g/mol. The molecule has 0 aliphatic carbocycles. The summed E-state index contributed by atoms with van der Waals surface area (Å²) >= 11 is 0. The molecule has 0 aliphatic heterocycles. The highest BCUT2D eigenvalue weighted by Crippen LogP contribution is 2.12. The summed E-state index contributed by atoms with van der Waals surface area (Å²) in [7, 11) is 0. The molecule has 0 heterocycles. The standard InChI is InChI=1S/C40H63O/c1-4-7-10-13-15-17-19-20-21-22-23-24-26-28-30-32-35-38-40(41)39(36-33-12-9-6-3)37-34-31-29-27-25-18-16-14-11-8-5-2/h14,16,23-28,30-32,34-36,38H,2,4-13,15,17-22,29,33,37H2,1,3H3/b16-14-,24-23?,27-25-,28-26?,32-30?,34-31-,38-35?,39-36+. The fourth-order valence-electron chi connectivity index (χ4n) is 4.34. The minimum Gasteiger partial charge on any atom is -0.290 e. The Hall–Kier alpha value is -2.41. The summed E-state index contributed by atoms with van der Waals surface area (Å²) in [5.41, 5.74) is 0.897. The van der Waals surface area contributed by atoms with Crippen LogP contribution < -0.4 is 0 Å². The normalized spacial score (nSPS) is 13.3. The number of carbonyl (C=O) groups is 1. The second-order valence-electron chi connectivity index (χ2n) is 10.8. The molecule has 0 rings (SSSR count). The third-order valence-electron chi connectivity index (χ3n) is 6.93. The molecule has 0 saturated heterocycles. The summed E-state index contributed by atoms with van der Waals surface area (Å²) in [6.45, 7) is 8.35. The minimum absolute atomic E-state index is 0.114. The molecule has 1 radical (unpaired) electrons. The summed E-state index contributed by atoms with van der Waals surface area (Å²) in [6, 6.07) is 0. The lowest BCUT2D eigenvalue weighted by atomic mass is 10.0. The number of ketones is 1. The molecule has 0 aromatic rings. The zero-order valence-corrected chi connectivity index (χ0v) is 26.9. The lowest BCUT2D eigenvalue weighted by Gasteiger charge is -2.01. The van der Waals surface area contributed by atoms with Crippen molar-refractivity contribution in [2.75, 3.05) is 0 Å². The van der Waals surface area contributed by atoms with Crippen LogP contribution in [0.2, 0.25) is 0 Å². The van der Waals surface area contributed by atoms with Crippen LogP contribution in [0.3, 0.4) is 0 Å². The topological polar surface area (TPSA) is 17.1 Å². The molecule has 0 spiro atoms. The highest BCUT2D eigenvalue weighted by atomic mass is 16.1. The van der Waals surface area contributed by atoms with E-state index in [1.807, 2.05) is 24.3 Å². The van der Waals surface area contributed by atoms with Crippen molar-refractivity contribution in [2.45, 2.75) is 142 Å². The van der Waals surface area contributed by atoms with Crippen molar-refractivity contribution in [3.05, 3.63) is 104 Å². The fraction of sp³-hybridized carbons (Fsp3) is 0.550. The predicted octanol–water partition coefficient (Wildman–Crippen LogP) is 13.1. The zero-order valence-electron chi connectivity index (χ0n) is 26.9. The molecule has 229 valence electrons. The Morgan fingerprint density at radius 1 is 0.512 bits per heavy atom. The van der Waals surface area contributed by atoms with E-state index < -0.39 is 0 Å². The van der Waals surface area contributed by atoms with Gasteiger partial charge in [-0.1, -0.05) is 176 Å².